The van der Waals surface area contributed by atoms with Gasteiger partial charge in [-0.25, -0.2) is 0 Å². The predicted molar refractivity (Wildman–Crippen MR) is 120 cm³/mol. The van der Waals surface area contributed by atoms with Gasteiger partial charge in [0, 0.05) is 16.6 Å². The maximum atomic E-state index is 12.5. The SMILES string of the molecule is C[C@@H](Sc1nnc(-c2sc3ccccc3c2Cl)o1)C(=O)NCc1ccc2c(c1)OCO2. The lowest BCUT2D eigenvalue weighted by atomic mass is 10.2. The first-order valence-electron chi connectivity index (χ1n) is 9.42. The molecule has 7 nitrogen and oxygen atoms in total. The third kappa shape index (κ3) is 4.08. The van der Waals surface area contributed by atoms with Gasteiger partial charge in [-0.05, 0) is 30.7 Å². The quantitative estimate of drug-likeness (QED) is 0.388. The molecule has 0 saturated carbocycles. The zero-order valence-corrected chi connectivity index (χ0v) is 18.6. The topological polar surface area (TPSA) is 86.5 Å². The van der Waals surface area contributed by atoms with Gasteiger partial charge in [0.1, 0.15) is 4.88 Å². The van der Waals surface area contributed by atoms with Crippen molar-refractivity contribution in [3.63, 3.8) is 0 Å². The number of thiophene rings is 1. The minimum atomic E-state index is -0.416. The molecule has 0 spiro atoms. The van der Waals surface area contributed by atoms with E-state index in [4.69, 9.17) is 25.5 Å². The first kappa shape index (κ1) is 20.2. The lowest BCUT2D eigenvalue weighted by Gasteiger charge is -2.10. The van der Waals surface area contributed by atoms with Crippen LogP contribution < -0.4 is 14.8 Å². The van der Waals surface area contributed by atoms with E-state index in [2.05, 4.69) is 15.5 Å². The molecule has 1 aliphatic heterocycles. The third-order valence-electron chi connectivity index (χ3n) is 4.69. The van der Waals surface area contributed by atoms with E-state index in [9.17, 15) is 4.79 Å². The van der Waals surface area contributed by atoms with Gasteiger partial charge < -0.3 is 19.2 Å². The van der Waals surface area contributed by atoms with Gasteiger partial charge in [0.25, 0.3) is 11.1 Å². The molecule has 1 aliphatic rings. The molecule has 0 fully saturated rings. The molecule has 3 heterocycles. The van der Waals surface area contributed by atoms with Crippen molar-refractivity contribution in [1.82, 2.24) is 15.5 Å². The Hall–Kier alpha value is -2.75. The Kier molecular flexibility index (Phi) is 5.47. The van der Waals surface area contributed by atoms with Gasteiger partial charge in [-0.3, -0.25) is 4.79 Å². The number of halogens is 1. The number of hydrogen-bond acceptors (Lipinski definition) is 8. The number of ether oxygens (including phenoxy) is 2. The lowest BCUT2D eigenvalue weighted by molar-refractivity contribution is -0.120. The van der Waals surface area contributed by atoms with Gasteiger partial charge in [0.05, 0.1) is 10.3 Å². The summed E-state index contributed by atoms with van der Waals surface area (Å²) >= 11 is 9.18. The fourth-order valence-corrected chi connectivity index (χ4v) is 5.23. The molecule has 0 radical (unpaired) electrons. The van der Waals surface area contributed by atoms with Crippen molar-refractivity contribution in [3.8, 4) is 22.3 Å². The van der Waals surface area contributed by atoms with Crippen LogP contribution in [-0.4, -0.2) is 28.1 Å². The summed E-state index contributed by atoms with van der Waals surface area (Å²) in [5, 5.41) is 12.5. The van der Waals surface area contributed by atoms with Crippen molar-refractivity contribution in [3.05, 3.63) is 53.1 Å². The summed E-state index contributed by atoms with van der Waals surface area (Å²) in [6.45, 7) is 2.39. The minimum absolute atomic E-state index is 0.137. The van der Waals surface area contributed by atoms with Crippen LogP contribution in [-0.2, 0) is 11.3 Å². The van der Waals surface area contributed by atoms with Crippen molar-refractivity contribution >= 4 is 50.7 Å². The Labute approximate surface area is 190 Å². The van der Waals surface area contributed by atoms with Gasteiger partial charge >= 0.3 is 0 Å². The van der Waals surface area contributed by atoms with Crippen molar-refractivity contribution in [2.45, 2.75) is 23.9 Å². The summed E-state index contributed by atoms with van der Waals surface area (Å²) in [5.41, 5.74) is 0.925. The van der Waals surface area contributed by atoms with E-state index < -0.39 is 5.25 Å². The van der Waals surface area contributed by atoms with Crippen LogP contribution in [0.2, 0.25) is 5.02 Å². The van der Waals surface area contributed by atoms with Crippen LogP contribution in [0.4, 0.5) is 0 Å². The Bertz CT molecular complexity index is 1270. The van der Waals surface area contributed by atoms with Crippen molar-refractivity contribution in [2.75, 3.05) is 6.79 Å². The summed E-state index contributed by atoms with van der Waals surface area (Å²) in [4.78, 5) is 13.2. The zero-order chi connectivity index (χ0) is 21.4. The molecule has 5 rings (SSSR count). The van der Waals surface area contributed by atoms with Gasteiger partial charge in [-0.15, -0.1) is 21.5 Å². The molecule has 158 valence electrons. The largest absolute Gasteiger partial charge is 0.454 e. The molecule has 1 atom stereocenters. The number of rotatable bonds is 6. The fourth-order valence-electron chi connectivity index (χ4n) is 3.09. The molecule has 4 aromatic rings. The number of aromatic nitrogens is 2. The van der Waals surface area contributed by atoms with E-state index in [0.29, 0.717) is 34.2 Å². The number of nitrogens with one attached hydrogen (secondary N) is 1. The predicted octanol–water partition coefficient (Wildman–Crippen LogP) is 5.13. The number of benzene rings is 2. The van der Waals surface area contributed by atoms with E-state index >= 15 is 0 Å². The maximum Gasteiger partial charge on any atom is 0.277 e. The molecular formula is C21H16ClN3O4S2. The summed E-state index contributed by atoms with van der Waals surface area (Å²) in [7, 11) is 0. The van der Waals surface area contributed by atoms with Crippen LogP contribution in [0, 0.1) is 0 Å². The van der Waals surface area contributed by atoms with Gasteiger partial charge in [0.15, 0.2) is 11.5 Å². The van der Waals surface area contributed by atoms with Gasteiger partial charge in [0.2, 0.25) is 12.7 Å². The highest BCUT2D eigenvalue weighted by molar-refractivity contribution is 8.00. The minimum Gasteiger partial charge on any atom is -0.454 e. The number of fused-ring (bicyclic) bond motifs is 2. The Morgan fingerprint density at radius 3 is 2.94 bits per heavy atom. The third-order valence-corrected chi connectivity index (χ3v) is 7.28. The van der Waals surface area contributed by atoms with Crippen molar-refractivity contribution < 1.29 is 18.7 Å². The van der Waals surface area contributed by atoms with E-state index in [1.54, 1.807) is 6.92 Å². The summed E-state index contributed by atoms with van der Waals surface area (Å²) in [5.74, 6) is 1.61. The molecule has 31 heavy (non-hydrogen) atoms. The van der Waals surface area contributed by atoms with Crippen LogP contribution in [0.3, 0.4) is 0 Å². The molecule has 2 aromatic heterocycles. The number of carbonyl (C=O) groups excluding carboxylic acids is 1. The second-order valence-electron chi connectivity index (χ2n) is 6.78. The van der Waals surface area contributed by atoms with E-state index in [-0.39, 0.29) is 12.7 Å². The molecule has 0 bridgehead atoms. The average molecular weight is 474 g/mol. The molecule has 0 unspecified atom stereocenters. The molecule has 0 aliphatic carbocycles. The van der Waals surface area contributed by atoms with Crippen LogP contribution in [0.15, 0.2) is 52.1 Å². The Morgan fingerprint density at radius 2 is 2.06 bits per heavy atom. The molecular weight excluding hydrogens is 458 g/mol. The number of hydrogen-bond donors (Lipinski definition) is 1. The van der Waals surface area contributed by atoms with Crippen LogP contribution in [0.25, 0.3) is 20.9 Å². The average Bonchev–Trinajstić information content (AvgIpc) is 3.51. The van der Waals surface area contributed by atoms with E-state index in [1.165, 1.54) is 23.1 Å². The van der Waals surface area contributed by atoms with Crippen molar-refractivity contribution in [2.24, 2.45) is 0 Å². The second kappa shape index (κ2) is 8.41. The highest BCUT2D eigenvalue weighted by atomic mass is 35.5. The summed E-state index contributed by atoms with van der Waals surface area (Å²) in [6, 6.07) is 13.4. The number of thioether (sulfide) groups is 1. The Balaban J connectivity index is 1.22. The first-order valence-corrected chi connectivity index (χ1v) is 11.5. The molecule has 10 heteroatoms. The molecule has 1 N–H and O–H groups in total. The number of amides is 1. The van der Waals surface area contributed by atoms with E-state index in [1.807, 2.05) is 42.5 Å². The van der Waals surface area contributed by atoms with Gasteiger partial charge in [-0.1, -0.05) is 47.6 Å². The van der Waals surface area contributed by atoms with Crippen LogP contribution >= 0.6 is 34.7 Å². The lowest BCUT2D eigenvalue weighted by Crippen LogP contribution is -2.30. The summed E-state index contributed by atoms with van der Waals surface area (Å²) < 4.78 is 17.5. The van der Waals surface area contributed by atoms with Crippen LogP contribution in [0.5, 0.6) is 11.5 Å². The first-order chi connectivity index (χ1) is 15.1. The standard InChI is InChI=1S/C21H16ClN3O4S2/c1-11(19(26)23-9-12-6-7-14-15(8-12)28-10-27-14)30-21-25-24-20(29-21)18-17(22)13-4-2-3-5-16(13)31-18/h2-8,11H,9-10H2,1H3,(H,23,26)/t11-/m1/s1. The molecule has 1 amide bonds. The second-order valence-corrected chi connectivity index (χ2v) is 9.50. The fraction of sp³-hybridized carbons (Fsp3) is 0.190. The normalized spacial score (nSPS) is 13.5. The smallest absolute Gasteiger partial charge is 0.277 e. The van der Waals surface area contributed by atoms with Gasteiger partial charge in [-0.2, -0.15) is 0 Å². The van der Waals surface area contributed by atoms with Crippen LogP contribution in [0.1, 0.15) is 12.5 Å². The van der Waals surface area contributed by atoms with E-state index in [0.717, 1.165) is 20.5 Å². The highest BCUT2D eigenvalue weighted by Gasteiger charge is 2.21. The zero-order valence-electron chi connectivity index (χ0n) is 16.3. The highest BCUT2D eigenvalue weighted by Crippen LogP contribution is 2.42. The van der Waals surface area contributed by atoms with Crippen molar-refractivity contribution in [1.29, 1.82) is 0 Å². The number of nitrogens with zero attached hydrogens (tertiary/aromatic N) is 2. The maximum absolute atomic E-state index is 12.5. The molecule has 0 saturated heterocycles. The Morgan fingerprint density at radius 1 is 1.23 bits per heavy atom. The molecule has 2 aromatic carbocycles. The summed E-state index contributed by atoms with van der Waals surface area (Å²) in [6.07, 6.45) is 0. The number of carbonyl (C=O) groups is 1. The monoisotopic (exact) mass is 473 g/mol.